The SMILES string of the molecule is CC(=O)C1CCC(C)CC1O. The molecule has 11 heavy (non-hydrogen) atoms. The van der Waals surface area contributed by atoms with Crippen molar-refractivity contribution in [3.8, 4) is 0 Å². The van der Waals surface area contributed by atoms with Gasteiger partial charge in [-0.3, -0.25) is 4.79 Å². The molecule has 0 saturated heterocycles. The Balaban J connectivity index is 2.50. The quantitative estimate of drug-likeness (QED) is 0.622. The van der Waals surface area contributed by atoms with Crippen molar-refractivity contribution in [1.82, 2.24) is 0 Å². The average molecular weight is 156 g/mol. The number of hydrogen-bond acceptors (Lipinski definition) is 2. The second-order valence-electron chi connectivity index (χ2n) is 3.70. The third-order valence-corrected chi connectivity index (χ3v) is 2.60. The molecule has 3 unspecified atom stereocenters. The smallest absolute Gasteiger partial charge is 0.135 e. The van der Waals surface area contributed by atoms with E-state index in [2.05, 4.69) is 6.92 Å². The Morgan fingerprint density at radius 2 is 2.09 bits per heavy atom. The fourth-order valence-electron chi connectivity index (χ4n) is 1.83. The van der Waals surface area contributed by atoms with Crippen LogP contribution >= 0.6 is 0 Å². The molecule has 0 amide bonds. The molecule has 1 N–H and O–H groups in total. The van der Waals surface area contributed by atoms with Crippen molar-refractivity contribution >= 4 is 5.78 Å². The van der Waals surface area contributed by atoms with Gasteiger partial charge in [-0.15, -0.1) is 0 Å². The van der Waals surface area contributed by atoms with E-state index >= 15 is 0 Å². The van der Waals surface area contributed by atoms with Gasteiger partial charge in [-0.2, -0.15) is 0 Å². The van der Waals surface area contributed by atoms with E-state index in [9.17, 15) is 9.90 Å². The van der Waals surface area contributed by atoms with Crippen molar-refractivity contribution in [1.29, 1.82) is 0 Å². The van der Waals surface area contributed by atoms with Gasteiger partial charge >= 0.3 is 0 Å². The van der Waals surface area contributed by atoms with Crippen molar-refractivity contribution in [3.05, 3.63) is 0 Å². The first-order valence-corrected chi connectivity index (χ1v) is 4.29. The van der Waals surface area contributed by atoms with Gasteiger partial charge in [-0.25, -0.2) is 0 Å². The molecule has 1 aliphatic rings. The Bertz CT molecular complexity index is 154. The van der Waals surface area contributed by atoms with Crippen LogP contribution < -0.4 is 0 Å². The number of ketones is 1. The molecule has 0 aromatic rings. The number of carbonyl (C=O) groups is 1. The van der Waals surface area contributed by atoms with Gasteiger partial charge < -0.3 is 5.11 Å². The summed E-state index contributed by atoms with van der Waals surface area (Å²) in [6, 6.07) is 0. The minimum absolute atomic E-state index is 0.0776. The Kier molecular flexibility index (Phi) is 2.66. The van der Waals surface area contributed by atoms with Gasteiger partial charge in [0.05, 0.1) is 6.10 Å². The van der Waals surface area contributed by atoms with Gasteiger partial charge in [-0.1, -0.05) is 6.92 Å². The number of carbonyl (C=O) groups excluding carboxylic acids is 1. The molecule has 1 rings (SSSR count). The molecule has 0 spiro atoms. The van der Waals surface area contributed by atoms with Crippen molar-refractivity contribution in [2.75, 3.05) is 0 Å². The number of rotatable bonds is 1. The predicted octanol–water partition coefficient (Wildman–Crippen LogP) is 1.37. The van der Waals surface area contributed by atoms with Gasteiger partial charge in [-0.05, 0) is 32.1 Å². The third kappa shape index (κ3) is 2.03. The summed E-state index contributed by atoms with van der Waals surface area (Å²) in [7, 11) is 0. The molecule has 0 aliphatic heterocycles. The molecule has 2 heteroatoms. The number of aliphatic hydroxyl groups excluding tert-OH is 1. The van der Waals surface area contributed by atoms with Crippen molar-refractivity contribution in [2.45, 2.75) is 39.2 Å². The highest BCUT2D eigenvalue weighted by atomic mass is 16.3. The lowest BCUT2D eigenvalue weighted by molar-refractivity contribution is -0.126. The first-order chi connectivity index (χ1) is 5.11. The molecule has 1 saturated carbocycles. The van der Waals surface area contributed by atoms with Gasteiger partial charge in [0.25, 0.3) is 0 Å². The summed E-state index contributed by atoms with van der Waals surface area (Å²) in [5, 5.41) is 9.49. The van der Waals surface area contributed by atoms with E-state index in [4.69, 9.17) is 0 Å². The van der Waals surface area contributed by atoms with Crippen molar-refractivity contribution in [2.24, 2.45) is 11.8 Å². The minimum atomic E-state index is -0.378. The van der Waals surface area contributed by atoms with E-state index in [-0.39, 0.29) is 17.8 Å². The standard InChI is InChI=1S/C9H16O2/c1-6-3-4-8(7(2)10)9(11)5-6/h6,8-9,11H,3-5H2,1-2H3. The van der Waals surface area contributed by atoms with Crippen LogP contribution in [-0.4, -0.2) is 17.0 Å². The molecule has 0 aromatic heterocycles. The topological polar surface area (TPSA) is 37.3 Å². The fourth-order valence-corrected chi connectivity index (χ4v) is 1.83. The Labute approximate surface area is 67.6 Å². The zero-order valence-electron chi connectivity index (χ0n) is 7.21. The van der Waals surface area contributed by atoms with Crippen molar-refractivity contribution < 1.29 is 9.90 Å². The van der Waals surface area contributed by atoms with Crippen LogP contribution in [-0.2, 0) is 4.79 Å². The maximum atomic E-state index is 11.0. The first-order valence-electron chi connectivity index (χ1n) is 4.29. The summed E-state index contributed by atoms with van der Waals surface area (Å²) in [4.78, 5) is 11.0. The lowest BCUT2D eigenvalue weighted by Crippen LogP contribution is -2.32. The van der Waals surface area contributed by atoms with E-state index in [0.29, 0.717) is 5.92 Å². The maximum absolute atomic E-state index is 11.0. The van der Waals surface area contributed by atoms with Gasteiger partial charge in [0.2, 0.25) is 0 Å². The Morgan fingerprint density at radius 1 is 1.45 bits per heavy atom. The minimum Gasteiger partial charge on any atom is -0.392 e. The Hall–Kier alpha value is -0.370. The van der Waals surface area contributed by atoms with Crippen LogP contribution in [0.15, 0.2) is 0 Å². The maximum Gasteiger partial charge on any atom is 0.135 e. The summed E-state index contributed by atoms with van der Waals surface area (Å²) in [5.74, 6) is 0.649. The van der Waals surface area contributed by atoms with Gasteiger partial charge in [0.15, 0.2) is 0 Å². The Morgan fingerprint density at radius 3 is 2.55 bits per heavy atom. The van der Waals surface area contributed by atoms with E-state index < -0.39 is 0 Å². The highest BCUT2D eigenvalue weighted by molar-refractivity contribution is 5.78. The summed E-state index contributed by atoms with van der Waals surface area (Å²) in [6.07, 6.45) is 2.37. The normalized spacial score (nSPS) is 38.6. The molecule has 0 bridgehead atoms. The van der Waals surface area contributed by atoms with Gasteiger partial charge in [0.1, 0.15) is 5.78 Å². The second kappa shape index (κ2) is 3.35. The highest BCUT2D eigenvalue weighted by Crippen LogP contribution is 2.28. The number of aliphatic hydroxyl groups is 1. The van der Waals surface area contributed by atoms with Crippen LogP contribution in [0.5, 0.6) is 0 Å². The van der Waals surface area contributed by atoms with Crippen LogP contribution in [0.2, 0.25) is 0 Å². The van der Waals surface area contributed by atoms with Crippen LogP contribution in [0.3, 0.4) is 0 Å². The molecular formula is C9H16O2. The van der Waals surface area contributed by atoms with Crippen molar-refractivity contribution in [3.63, 3.8) is 0 Å². The molecular weight excluding hydrogens is 140 g/mol. The van der Waals surface area contributed by atoms with Crippen LogP contribution in [0, 0.1) is 11.8 Å². The van der Waals surface area contributed by atoms with Crippen LogP contribution in [0.1, 0.15) is 33.1 Å². The fraction of sp³-hybridized carbons (Fsp3) is 0.889. The molecule has 3 atom stereocenters. The highest BCUT2D eigenvalue weighted by Gasteiger charge is 2.29. The second-order valence-corrected chi connectivity index (χ2v) is 3.70. The molecule has 0 heterocycles. The third-order valence-electron chi connectivity index (χ3n) is 2.60. The van der Waals surface area contributed by atoms with Crippen LogP contribution in [0.25, 0.3) is 0 Å². The zero-order valence-corrected chi connectivity index (χ0v) is 7.21. The molecule has 0 radical (unpaired) electrons. The summed E-state index contributed by atoms with van der Waals surface area (Å²) in [6.45, 7) is 3.70. The summed E-state index contributed by atoms with van der Waals surface area (Å²) in [5.41, 5.74) is 0. The molecule has 0 aromatic carbocycles. The van der Waals surface area contributed by atoms with E-state index in [0.717, 1.165) is 19.3 Å². The lowest BCUT2D eigenvalue weighted by Gasteiger charge is -2.29. The summed E-state index contributed by atoms with van der Waals surface area (Å²) >= 11 is 0. The molecule has 2 nitrogen and oxygen atoms in total. The van der Waals surface area contributed by atoms with E-state index in [1.54, 1.807) is 6.92 Å². The monoisotopic (exact) mass is 156 g/mol. The van der Waals surface area contributed by atoms with E-state index in [1.165, 1.54) is 0 Å². The lowest BCUT2D eigenvalue weighted by atomic mass is 9.79. The molecule has 64 valence electrons. The van der Waals surface area contributed by atoms with Crippen LogP contribution in [0.4, 0.5) is 0 Å². The van der Waals surface area contributed by atoms with Gasteiger partial charge in [0, 0.05) is 5.92 Å². The average Bonchev–Trinajstić information content (AvgIpc) is 1.85. The summed E-state index contributed by atoms with van der Waals surface area (Å²) < 4.78 is 0. The predicted molar refractivity (Wildman–Crippen MR) is 43.2 cm³/mol. The largest absolute Gasteiger partial charge is 0.392 e. The molecule has 1 aliphatic carbocycles. The number of Topliss-reactive ketones (excluding diaryl/α,β-unsaturated/α-hetero) is 1. The molecule has 1 fully saturated rings. The zero-order chi connectivity index (χ0) is 8.43. The first kappa shape index (κ1) is 8.72. The number of hydrogen-bond donors (Lipinski definition) is 1. The van der Waals surface area contributed by atoms with E-state index in [1.807, 2.05) is 0 Å².